The van der Waals surface area contributed by atoms with Crippen LogP contribution in [-0.2, 0) is 14.3 Å². The fraction of sp³-hybridized carbons (Fsp3) is 0.281. The Bertz CT molecular complexity index is 1570. The first-order valence-electron chi connectivity index (χ1n) is 14.0. The van der Waals surface area contributed by atoms with Crippen LogP contribution in [0.4, 0.5) is 30.2 Å². The van der Waals surface area contributed by atoms with E-state index in [1.54, 1.807) is 49.5 Å². The molecule has 5 rings (SSSR count). The summed E-state index contributed by atoms with van der Waals surface area (Å²) in [4.78, 5) is 42.9. The number of nitrogens with zero attached hydrogens (tertiary/aromatic N) is 3. The van der Waals surface area contributed by atoms with Crippen molar-refractivity contribution in [2.24, 2.45) is 0 Å². The number of nitrogens with one attached hydrogen (secondary N) is 2. The third kappa shape index (κ3) is 7.09. The summed E-state index contributed by atoms with van der Waals surface area (Å²) in [5.74, 6) is -1.00. The molecular formula is C32H32F3N5O4. The molecule has 230 valence electrons. The van der Waals surface area contributed by atoms with Crippen molar-refractivity contribution in [3.8, 4) is 0 Å². The molecule has 0 aromatic heterocycles. The molecule has 2 aliphatic rings. The minimum atomic E-state index is -4.23. The largest absolute Gasteiger partial charge is 0.465 e. The van der Waals surface area contributed by atoms with Crippen LogP contribution in [0.15, 0.2) is 72.8 Å². The van der Waals surface area contributed by atoms with E-state index in [9.17, 15) is 27.6 Å². The molecule has 2 aliphatic heterocycles. The van der Waals surface area contributed by atoms with Crippen LogP contribution in [0.25, 0.3) is 11.3 Å². The summed E-state index contributed by atoms with van der Waals surface area (Å²) >= 11 is 0. The summed E-state index contributed by atoms with van der Waals surface area (Å²) in [5.41, 5.74) is 4.52. The molecular weight excluding hydrogens is 575 g/mol. The maximum atomic E-state index is 13.2. The second-order valence-electron chi connectivity index (χ2n) is 10.6. The first kappa shape index (κ1) is 30.8. The van der Waals surface area contributed by atoms with Gasteiger partial charge in [-0.25, -0.2) is 4.79 Å². The Morgan fingerprint density at radius 2 is 1.59 bits per heavy atom. The average molecular weight is 608 g/mol. The normalized spacial score (nSPS) is 16.6. The van der Waals surface area contributed by atoms with E-state index in [0.717, 1.165) is 5.56 Å². The molecule has 0 unspecified atom stereocenters. The lowest BCUT2D eigenvalue weighted by molar-refractivity contribution is -0.149. The number of benzene rings is 3. The molecule has 0 saturated carbocycles. The minimum absolute atomic E-state index is 0.104. The minimum Gasteiger partial charge on any atom is -0.465 e. The van der Waals surface area contributed by atoms with Crippen LogP contribution in [0.1, 0.15) is 21.5 Å². The van der Waals surface area contributed by atoms with E-state index in [1.807, 2.05) is 35.2 Å². The van der Waals surface area contributed by atoms with Crippen LogP contribution in [0.3, 0.4) is 0 Å². The molecule has 3 aromatic carbocycles. The molecule has 0 radical (unpaired) electrons. The van der Waals surface area contributed by atoms with Gasteiger partial charge in [0.2, 0.25) is 5.91 Å². The Kier molecular flexibility index (Phi) is 9.02. The molecule has 9 nitrogen and oxygen atoms in total. The summed E-state index contributed by atoms with van der Waals surface area (Å²) in [6.07, 6.45) is -4.23. The third-order valence-electron chi connectivity index (χ3n) is 7.62. The highest BCUT2D eigenvalue weighted by atomic mass is 19.4. The number of hydrogen-bond donors (Lipinski definition) is 2. The van der Waals surface area contributed by atoms with Gasteiger partial charge in [0, 0.05) is 50.2 Å². The quantitative estimate of drug-likeness (QED) is 0.287. The van der Waals surface area contributed by atoms with Crippen molar-refractivity contribution in [3.63, 3.8) is 0 Å². The molecule has 2 N–H and O–H groups in total. The Morgan fingerprint density at radius 3 is 2.23 bits per heavy atom. The van der Waals surface area contributed by atoms with Gasteiger partial charge in [-0.15, -0.1) is 0 Å². The van der Waals surface area contributed by atoms with E-state index in [0.29, 0.717) is 52.5 Å². The maximum Gasteiger partial charge on any atom is 0.401 e. The molecule has 0 aliphatic carbocycles. The van der Waals surface area contributed by atoms with Gasteiger partial charge < -0.3 is 20.3 Å². The number of anilines is 3. The molecule has 1 fully saturated rings. The number of piperazine rings is 1. The van der Waals surface area contributed by atoms with Crippen LogP contribution in [-0.4, -0.2) is 87.2 Å². The summed E-state index contributed by atoms with van der Waals surface area (Å²) in [6, 6.07) is 21.4. The number of amides is 2. The van der Waals surface area contributed by atoms with Gasteiger partial charge in [0.25, 0.3) is 5.91 Å². The molecule has 12 heteroatoms. The van der Waals surface area contributed by atoms with Gasteiger partial charge in [0.1, 0.15) is 0 Å². The Labute approximate surface area is 252 Å². The van der Waals surface area contributed by atoms with Crippen LogP contribution in [0.5, 0.6) is 0 Å². The predicted molar refractivity (Wildman–Crippen MR) is 162 cm³/mol. The van der Waals surface area contributed by atoms with Crippen LogP contribution in [0.2, 0.25) is 0 Å². The first-order chi connectivity index (χ1) is 21.0. The molecule has 0 atom stereocenters. The number of methoxy groups -OCH3 is 1. The number of hydrogen-bond acceptors (Lipinski definition) is 7. The molecule has 1 saturated heterocycles. The summed E-state index contributed by atoms with van der Waals surface area (Å²) in [6.45, 7) is 0.445. The van der Waals surface area contributed by atoms with Gasteiger partial charge in [-0.3, -0.25) is 19.4 Å². The highest BCUT2D eigenvalue weighted by Gasteiger charge is 2.33. The fourth-order valence-electron chi connectivity index (χ4n) is 5.26. The lowest BCUT2D eigenvalue weighted by atomic mass is 9.99. The van der Waals surface area contributed by atoms with E-state index >= 15 is 0 Å². The number of rotatable bonds is 8. The lowest BCUT2D eigenvalue weighted by Gasteiger charge is -2.35. The lowest BCUT2D eigenvalue weighted by Crippen LogP contribution is -2.51. The van der Waals surface area contributed by atoms with Crippen molar-refractivity contribution in [1.29, 1.82) is 0 Å². The maximum absolute atomic E-state index is 13.2. The average Bonchev–Trinajstić information content (AvgIpc) is 3.34. The van der Waals surface area contributed by atoms with E-state index in [2.05, 4.69) is 10.6 Å². The van der Waals surface area contributed by atoms with Crippen molar-refractivity contribution in [3.05, 3.63) is 89.5 Å². The number of halogens is 3. The van der Waals surface area contributed by atoms with Gasteiger partial charge >= 0.3 is 12.1 Å². The number of carbonyl (C=O) groups excluding carboxylic acids is 3. The zero-order valence-electron chi connectivity index (χ0n) is 24.3. The molecule has 2 amide bonds. The second-order valence-corrected chi connectivity index (χ2v) is 10.6. The summed E-state index contributed by atoms with van der Waals surface area (Å²) in [5, 5.41) is 6.21. The van der Waals surface area contributed by atoms with E-state index in [1.165, 1.54) is 16.9 Å². The van der Waals surface area contributed by atoms with Crippen molar-refractivity contribution < 1.29 is 32.3 Å². The van der Waals surface area contributed by atoms with Gasteiger partial charge in [0.05, 0.1) is 42.7 Å². The van der Waals surface area contributed by atoms with Gasteiger partial charge in [-0.05, 0) is 42.0 Å². The predicted octanol–water partition coefficient (Wildman–Crippen LogP) is 4.55. The zero-order valence-corrected chi connectivity index (χ0v) is 24.3. The molecule has 3 aromatic rings. The van der Waals surface area contributed by atoms with Crippen molar-refractivity contribution in [2.45, 2.75) is 6.18 Å². The number of likely N-dealkylation sites (N-methyl/N-ethyl adjacent to an activating group) is 1. The SMILES string of the molecule is COC(=O)c1ccc2c(c1)NC(=O)/C2=C(\Nc1ccc(N(C)C(=O)CN2CCN(CC(F)(F)F)CC2)cc1)c1ccccc1. The van der Waals surface area contributed by atoms with E-state index < -0.39 is 18.7 Å². The Balaban J connectivity index is 1.31. The second kappa shape index (κ2) is 12.9. The van der Waals surface area contributed by atoms with Crippen LogP contribution in [0, 0.1) is 0 Å². The Morgan fingerprint density at radius 1 is 0.932 bits per heavy atom. The number of alkyl halides is 3. The van der Waals surface area contributed by atoms with Gasteiger partial charge in [0.15, 0.2) is 0 Å². The van der Waals surface area contributed by atoms with E-state index in [-0.39, 0.29) is 31.4 Å². The summed E-state index contributed by atoms with van der Waals surface area (Å²) < 4.78 is 42.8. The highest BCUT2D eigenvalue weighted by molar-refractivity contribution is 6.37. The first-order valence-corrected chi connectivity index (χ1v) is 14.0. The molecule has 2 heterocycles. The molecule has 44 heavy (non-hydrogen) atoms. The summed E-state index contributed by atoms with van der Waals surface area (Å²) in [7, 11) is 2.95. The van der Waals surface area contributed by atoms with Crippen LogP contribution < -0.4 is 15.5 Å². The smallest absolute Gasteiger partial charge is 0.401 e. The van der Waals surface area contributed by atoms with Crippen molar-refractivity contribution >= 4 is 46.1 Å². The van der Waals surface area contributed by atoms with Crippen molar-refractivity contribution in [1.82, 2.24) is 9.80 Å². The fourth-order valence-corrected chi connectivity index (χ4v) is 5.26. The standard InChI is InChI=1S/C32H32F3N5O4/c1-38(27(41)19-39-14-16-40(17-15-39)20-32(33,34)35)24-11-9-23(10-12-24)36-29(21-6-4-3-5-7-21)28-25-13-8-22(31(43)44-2)18-26(25)37-30(28)42/h3-13,18,36H,14-17,19-20H2,1-2H3,(H,37,42)/b29-28-. The number of carbonyl (C=O) groups is 3. The van der Waals surface area contributed by atoms with Crippen molar-refractivity contribution in [2.75, 3.05) is 69.0 Å². The Hall–Kier alpha value is -4.68. The molecule has 0 spiro atoms. The van der Waals surface area contributed by atoms with E-state index in [4.69, 9.17) is 4.74 Å². The zero-order chi connectivity index (χ0) is 31.4. The number of esters is 1. The molecule has 0 bridgehead atoms. The highest BCUT2D eigenvalue weighted by Crippen LogP contribution is 2.38. The van der Waals surface area contributed by atoms with Gasteiger partial charge in [-0.2, -0.15) is 13.2 Å². The number of fused-ring (bicyclic) bond motifs is 1. The third-order valence-corrected chi connectivity index (χ3v) is 7.62. The number of ether oxygens (including phenoxy) is 1. The topological polar surface area (TPSA) is 94.2 Å². The van der Waals surface area contributed by atoms with Crippen LogP contribution >= 0.6 is 0 Å². The van der Waals surface area contributed by atoms with Gasteiger partial charge in [-0.1, -0.05) is 36.4 Å². The monoisotopic (exact) mass is 607 g/mol.